The molecule has 1 aromatic rings. The second kappa shape index (κ2) is 7.58. The summed E-state index contributed by atoms with van der Waals surface area (Å²) in [6, 6.07) is 0. The van der Waals surface area contributed by atoms with Gasteiger partial charge in [-0.3, -0.25) is 5.10 Å². The van der Waals surface area contributed by atoms with E-state index in [9.17, 15) is 0 Å². The van der Waals surface area contributed by atoms with Crippen molar-refractivity contribution in [2.45, 2.75) is 26.3 Å². The molecular formula is C11H22N4OS. The van der Waals surface area contributed by atoms with Gasteiger partial charge in [0.1, 0.15) is 5.82 Å². The lowest BCUT2D eigenvalue weighted by Gasteiger charge is -2.10. The van der Waals surface area contributed by atoms with E-state index in [4.69, 9.17) is 17.0 Å². The number of likely N-dealkylation sites (N-methyl/N-ethyl adjacent to an activating group) is 1. The Morgan fingerprint density at radius 3 is 2.82 bits per heavy atom. The maximum Gasteiger partial charge on any atom is 0.195 e. The SMILES string of the molecule is CCCc1n[nH]c(=S)n1CCOCCN(C)C. The molecule has 0 radical (unpaired) electrons. The molecule has 0 aliphatic heterocycles. The van der Waals surface area contributed by atoms with E-state index >= 15 is 0 Å². The van der Waals surface area contributed by atoms with Gasteiger partial charge in [0.05, 0.1) is 13.2 Å². The van der Waals surface area contributed by atoms with E-state index in [1.54, 1.807) is 0 Å². The van der Waals surface area contributed by atoms with Crippen molar-refractivity contribution in [1.82, 2.24) is 19.7 Å². The third-order valence-electron chi connectivity index (χ3n) is 2.45. The van der Waals surface area contributed by atoms with Gasteiger partial charge in [0, 0.05) is 19.5 Å². The molecule has 0 amide bonds. The highest BCUT2D eigenvalue weighted by molar-refractivity contribution is 7.71. The van der Waals surface area contributed by atoms with Gasteiger partial charge in [0.25, 0.3) is 0 Å². The molecule has 1 rings (SSSR count). The molecule has 0 saturated carbocycles. The van der Waals surface area contributed by atoms with Gasteiger partial charge in [-0.25, -0.2) is 0 Å². The normalized spacial score (nSPS) is 11.3. The first-order chi connectivity index (χ1) is 8.15. The number of H-pyrrole nitrogens is 1. The molecule has 17 heavy (non-hydrogen) atoms. The van der Waals surface area contributed by atoms with E-state index in [2.05, 4.69) is 22.0 Å². The van der Waals surface area contributed by atoms with Gasteiger partial charge < -0.3 is 14.2 Å². The Morgan fingerprint density at radius 2 is 2.18 bits per heavy atom. The summed E-state index contributed by atoms with van der Waals surface area (Å²) in [5.41, 5.74) is 0. The Morgan fingerprint density at radius 1 is 1.41 bits per heavy atom. The van der Waals surface area contributed by atoms with E-state index < -0.39 is 0 Å². The van der Waals surface area contributed by atoms with Gasteiger partial charge in [0.2, 0.25) is 0 Å². The van der Waals surface area contributed by atoms with Crippen LogP contribution in [-0.4, -0.2) is 53.5 Å². The zero-order chi connectivity index (χ0) is 12.7. The van der Waals surface area contributed by atoms with Gasteiger partial charge in [-0.2, -0.15) is 5.10 Å². The van der Waals surface area contributed by atoms with Crippen LogP contribution in [-0.2, 0) is 17.7 Å². The number of hydrogen-bond donors (Lipinski definition) is 1. The topological polar surface area (TPSA) is 46.1 Å². The first-order valence-electron chi connectivity index (χ1n) is 6.01. The molecule has 0 fully saturated rings. The third kappa shape index (κ3) is 4.97. The van der Waals surface area contributed by atoms with Crippen LogP contribution in [0.1, 0.15) is 19.2 Å². The summed E-state index contributed by atoms with van der Waals surface area (Å²) < 4.78 is 8.26. The average molecular weight is 258 g/mol. The summed E-state index contributed by atoms with van der Waals surface area (Å²) in [6.07, 6.45) is 2.02. The van der Waals surface area contributed by atoms with Crippen LogP contribution in [0.2, 0.25) is 0 Å². The standard InChI is InChI=1S/C11H22N4OS/c1-4-5-10-12-13-11(17)15(10)7-9-16-8-6-14(2)3/h4-9H2,1-3H3,(H,13,17). The summed E-state index contributed by atoms with van der Waals surface area (Å²) in [5, 5.41) is 7.05. The molecule has 0 aliphatic carbocycles. The van der Waals surface area contributed by atoms with Crippen molar-refractivity contribution in [2.24, 2.45) is 0 Å². The number of aromatic amines is 1. The monoisotopic (exact) mass is 258 g/mol. The zero-order valence-electron chi connectivity index (χ0n) is 10.9. The van der Waals surface area contributed by atoms with Crippen LogP contribution < -0.4 is 0 Å². The summed E-state index contributed by atoms with van der Waals surface area (Å²) in [6.45, 7) is 5.28. The molecule has 0 spiro atoms. The van der Waals surface area contributed by atoms with Crippen LogP contribution in [0.4, 0.5) is 0 Å². The Kier molecular flexibility index (Phi) is 6.39. The van der Waals surface area contributed by atoms with Crippen molar-refractivity contribution in [1.29, 1.82) is 0 Å². The fraction of sp³-hybridized carbons (Fsp3) is 0.818. The summed E-state index contributed by atoms with van der Waals surface area (Å²) in [7, 11) is 4.07. The minimum atomic E-state index is 0.679. The minimum absolute atomic E-state index is 0.679. The van der Waals surface area contributed by atoms with Gasteiger partial charge >= 0.3 is 0 Å². The number of ether oxygens (including phenoxy) is 1. The van der Waals surface area contributed by atoms with E-state index in [0.29, 0.717) is 11.4 Å². The van der Waals surface area contributed by atoms with Crippen LogP contribution in [0.5, 0.6) is 0 Å². The van der Waals surface area contributed by atoms with Crippen molar-refractivity contribution in [2.75, 3.05) is 33.9 Å². The molecule has 6 heteroatoms. The Hall–Kier alpha value is -0.720. The second-order valence-electron chi connectivity index (χ2n) is 4.26. The van der Waals surface area contributed by atoms with Crippen LogP contribution >= 0.6 is 12.2 Å². The lowest BCUT2D eigenvalue weighted by molar-refractivity contribution is 0.110. The molecule has 1 aromatic heterocycles. The molecule has 1 heterocycles. The first kappa shape index (κ1) is 14.3. The fourth-order valence-electron chi connectivity index (χ4n) is 1.50. The van der Waals surface area contributed by atoms with E-state index in [0.717, 1.165) is 38.4 Å². The van der Waals surface area contributed by atoms with Crippen molar-refractivity contribution < 1.29 is 4.74 Å². The van der Waals surface area contributed by atoms with Crippen LogP contribution in [0.25, 0.3) is 0 Å². The molecule has 0 aliphatic rings. The number of rotatable bonds is 8. The summed E-state index contributed by atoms with van der Waals surface area (Å²) >= 11 is 5.19. The lowest BCUT2D eigenvalue weighted by atomic mass is 10.3. The highest BCUT2D eigenvalue weighted by Gasteiger charge is 2.04. The van der Waals surface area contributed by atoms with Crippen LogP contribution in [0.3, 0.4) is 0 Å². The second-order valence-corrected chi connectivity index (χ2v) is 4.65. The number of nitrogens with zero attached hydrogens (tertiary/aromatic N) is 3. The Labute approximate surface area is 108 Å². The van der Waals surface area contributed by atoms with Crippen LogP contribution in [0, 0.1) is 4.77 Å². The number of aromatic nitrogens is 3. The smallest absolute Gasteiger partial charge is 0.195 e. The number of nitrogens with one attached hydrogen (secondary N) is 1. The van der Waals surface area contributed by atoms with Gasteiger partial charge in [0.15, 0.2) is 4.77 Å². The van der Waals surface area contributed by atoms with Crippen molar-refractivity contribution >= 4 is 12.2 Å². The first-order valence-corrected chi connectivity index (χ1v) is 6.42. The van der Waals surface area contributed by atoms with Gasteiger partial charge in [-0.1, -0.05) is 6.92 Å². The van der Waals surface area contributed by atoms with E-state index in [-0.39, 0.29) is 0 Å². The molecule has 5 nitrogen and oxygen atoms in total. The lowest BCUT2D eigenvalue weighted by Crippen LogP contribution is -2.19. The van der Waals surface area contributed by atoms with Crippen molar-refractivity contribution in [3.8, 4) is 0 Å². The third-order valence-corrected chi connectivity index (χ3v) is 2.76. The molecular weight excluding hydrogens is 236 g/mol. The molecule has 0 atom stereocenters. The van der Waals surface area contributed by atoms with Crippen LogP contribution in [0.15, 0.2) is 0 Å². The predicted molar refractivity (Wildman–Crippen MR) is 70.8 cm³/mol. The average Bonchev–Trinajstić information content (AvgIpc) is 2.61. The molecule has 0 bridgehead atoms. The minimum Gasteiger partial charge on any atom is -0.378 e. The Bertz CT molecular complexity index is 372. The molecule has 0 aromatic carbocycles. The molecule has 0 saturated heterocycles. The highest BCUT2D eigenvalue weighted by atomic mass is 32.1. The van der Waals surface area contributed by atoms with Gasteiger partial charge in [-0.05, 0) is 32.7 Å². The highest BCUT2D eigenvalue weighted by Crippen LogP contribution is 2.01. The number of hydrogen-bond acceptors (Lipinski definition) is 4. The van der Waals surface area contributed by atoms with E-state index in [1.165, 1.54) is 0 Å². The summed E-state index contributed by atoms with van der Waals surface area (Å²) in [4.78, 5) is 2.10. The largest absolute Gasteiger partial charge is 0.378 e. The molecule has 1 N–H and O–H groups in total. The summed E-state index contributed by atoms with van der Waals surface area (Å²) in [5.74, 6) is 1.02. The quantitative estimate of drug-likeness (QED) is 0.566. The van der Waals surface area contributed by atoms with Gasteiger partial charge in [-0.15, -0.1) is 0 Å². The zero-order valence-corrected chi connectivity index (χ0v) is 11.7. The van der Waals surface area contributed by atoms with Crippen molar-refractivity contribution in [3.63, 3.8) is 0 Å². The maximum absolute atomic E-state index is 5.56. The number of aryl methyl sites for hydroxylation is 1. The molecule has 0 unspecified atom stereocenters. The van der Waals surface area contributed by atoms with Crippen molar-refractivity contribution in [3.05, 3.63) is 10.6 Å². The van der Waals surface area contributed by atoms with E-state index in [1.807, 2.05) is 18.7 Å². The molecule has 98 valence electrons. The predicted octanol–water partition coefficient (Wildman–Crippen LogP) is 1.47. The Balaban J connectivity index is 2.35. The maximum atomic E-state index is 5.56. The fourth-order valence-corrected chi connectivity index (χ4v) is 1.74.